The van der Waals surface area contributed by atoms with Crippen LogP contribution in [0.15, 0.2) is 24.4 Å². The molecule has 4 heteroatoms. The van der Waals surface area contributed by atoms with Crippen LogP contribution < -0.4 is 0 Å². The predicted molar refractivity (Wildman–Crippen MR) is 61.0 cm³/mol. The number of hydrogen-bond acceptors (Lipinski definition) is 4. The molecule has 1 unspecified atom stereocenters. The molecule has 1 heterocycles. The molecule has 0 spiro atoms. The van der Waals surface area contributed by atoms with Crippen molar-refractivity contribution in [1.29, 1.82) is 0 Å². The van der Waals surface area contributed by atoms with Crippen molar-refractivity contribution in [3.63, 3.8) is 0 Å². The molecule has 1 atom stereocenters. The van der Waals surface area contributed by atoms with Crippen LogP contribution in [0.3, 0.4) is 0 Å². The lowest BCUT2D eigenvalue weighted by atomic mass is 10.0. The molecule has 16 heavy (non-hydrogen) atoms. The van der Waals surface area contributed by atoms with Gasteiger partial charge in [0.15, 0.2) is 0 Å². The van der Waals surface area contributed by atoms with Crippen molar-refractivity contribution in [2.45, 2.75) is 25.2 Å². The third-order valence-corrected chi connectivity index (χ3v) is 2.68. The molecular formula is C12H19NO3. The summed E-state index contributed by atoms with van der Waals surface area (Å²) in [4.78, 5) is 4.30. The van der Waals surface area contributed by atoms with Crippen molar-refractivity contribution in [2.24, 2.45) is 0 Å². The molecule has 0 amide bonds. The fraction of sp³-hybridized carbons (Fsp3) is 0.583. The first-order valence-electron chi connectivity index (χ1n) is 5.24. The highest BCUT2D eigenvalue weighted by Crippen LogP contribution is 2.27. The van der Waals surface area contributed by atoms with Crippen molar-refractivity contribution in [3.05, 3.63) is 30.1 Å². The van der Waals surface area contributed by atoms with E-state index in [1.807, 2.05) is 18.2 Å². The maximum absolute atomic E-state index is 5.26. The Balaban J connectivity index is 2.73. The van der Waals surface area contributed by atoms with Crippen molar-refractivity contribution in [3.8, 4) is 0 Å². The Bertz CT molecular complexity index is 290. The summed E-state index contributed by atoms with van der Waals surface area (Å²) in [6.07, 6.45) is 2.37. The van der Waals surface area contributed by atoms with Crippen LogP contribution in [-0.4, -0.2) is 32.3 Å². The van der Waals surface area contributed by atoms with Crippen LogP contribution in [0.5, 0.6) is 0 Å². The van der Waals surface area contributed by atoms with E-state index in [2.05, 4.69) is 11.9 Å². The van der Waals surface area contributed by atoms with E-state index in [0.29, 0.717) is 6.42 Å². The molecule has 1 aromatic rings. The second-order valence-electron chi connectivity index (χ2n) is 3.66. The van der Waals surface area contributed by atoms with E-state index in [1.165, 1.54) is 0 Å². The Labute approximate surface area is 96.5 Å². The first-order chi connectivity index (χ1) is 7.67. The summed E-state index contributed by atoms with van der Waals surface area (Å²) < 4.78 is 15.8. The molecular weight excluding hydrogens is 206 g/mol. The standard InChI is InChI=1S/C12H19NO3/c1-10(11-7-5-6-8-13-11)9-12(14-2,15-3)16-4/h5-8,10H,9H2,1-4H3. The molecule has 0 saturated carbocycles. The number of hydrogen-bond donors (Lipinski definition) is 0. The minimum atomic E-state index is -0.989. The van der Waals surface area contributed by atoms with E-state index in [1.54, 1.807) is 27.5 Å². The van der Waals surface area contributed by atoms with Gasteiger partial charge in [-0.1, -0.05) is 13.0 Å². The van der Waals surface area contributed by atoms with E-state index in [9.17, 15) is 0 Å². The van der Waals surface area contributed by atoms with Gasteiger partial charge < -0.3 is 14.2 Å². The van der Waals surface area contributed by atoms with Gasteiger partial charge in [0, 0.05) is 45.6 Å². The SMILES string of the molecule is COC(CC(C)c1ccccn1)(OC)OC. The third kappa shape index (κ3) is 3.01. The van der Waals surface area contributed by atoms with Gasteiger partial charge >= 0.3 is 0 Å². The second kappa shape index (κ2) is 5.94. The molecule has 0 saturated heterocycles. The lowest BCUT2D eigenvalue weighted by molar-refractivity contribution is -0.356. The van der Waals surface area contributed by atoms with Gasteiger partial charge in [0.25, 0.3) is 5.97 Å². The van der Waals surface area contributed by atoms with Gasteiger partial charge in [0.2, 0.25) is 0 Å². The zero-order valence-electron chi connectivity index (χ0n) is 10.3. The summed E-state index contributed by atoms with van der Waals surface area (Å²) >= 11 is 0. The van der Waals surface area contributed by atoms with E-state index in [4.69, 9.17) is 14.2 Å². The Kier molecular flexibility index (Phi) is 4.86. The Morgan fingerprint density at radius 1 is 1.19 bits per heavy atom. The fourth-order valence-electron chi connectivity index (χ4n) is 1.65. The van der Waals surface area contributed by atoms with Crippen LogP contribution in [0.2, 0.25) is 0 Å². The van der Waals surface area contributed by atoms with Gasteiger partial charge in [0.1, 0.15) is 0 Å². The minimum Gasteiger partial charge on any atom is -0.331 e. The van der Waals surface area contributed by atoms with Crippen LogP contribution >= 0.6 is 0 Å². The first kappa shape index (κ1) is 13.1. The topological polar surface area (TPSA) is 40.6 Å². The monoisotopic (exact) mass is 225 g/mol. The molecule has 0 aliphatic heterocycles. The summed E-state index contributed by atoms with van der Waals surface area (Å²) in [5.41, 5.74) is 0.998. The van der Waals surface area contributed by atoms with Gasteiger partial charge in [-0.25, -0.2) is 0 Å². The third-order valence-electron chi connectivity index (χ3n) is 2.68. The Morgan fingerprint density at radius 3 is 2.25 bits per heavy atom. The zero-order valence-corrected chi connectivity index (χ0v) is 10.3. The number of ether oxygens (including phenoxy) is 3. The van der Waals surface area contributed by atoms with E-state index in [0.717, 1.165) is 5.69 Å². The molecule has 0 radical (unpaired) electrons. The van der Waals surface area contributed by atoms with Gasteiger partial charge in [-0.15, -0.1) is 0 Å². The smallest absolute Gasteiger partial charge is 0.282 e. The summed E-state index contributed by atoms with van der Waals surface area (Å²) in [6, 6.07) is 5.84. The van der Waals surface area contributed by atoms with E-state index >= 15 is 0 Å². The van der Waals surface area contributed by atoms with Crippen LogP contribution in [0.25, 0.3) is 0 Å². The molecule has 0 aliphatic carbocycles. The molecule has 0 aliphatic rings. The lowest BCUT2D eigenvalue weighted by Crippen LogP contribution is -2.37. The van der Waals surface area contributed by atoms with E-state index < -0.39 is 5.97 Å². The zero-order chi connectivity index (χ0) is 12.0. The molecule has 0 fully saturated rings. The molecule has 1 aromatic heterocycles. The van der Waals surface area contributed by atoms with E-state index in [-0.39, 0.29) is 5.92 Å². The minimum absolute atomic E-state index is 0.195. The van der Waals surface area contributed by atoms with Gasteiger partial charge in [-0.05, 0) is 12.1 Å². The van der Waals surface area contributed by atoms with Gasteiger partial charge in [0.05, 0.1) is 0 Å². The quantitative estimate of drug-likeness (QED) is 0.696. The maximum atomic E-state index is 5.26. The molecule has 0 bridgehead atoms. The van der Waals surface area contributed by atoms with Gasteiger partial charge in [-0.2, -0.15) is 0 Å². The fourth-order valence-corrected chi connectivity index (χ4v) is 1.65. The van der Waals surface area contributed by atoms with Crippen LogP contribution in [-0.2, 0) is 14.2 Å². The summed E-state index contributed by atoms with van der Waals surface area (Å²) in [5.74, 6) is -0.794. The predicted octanol–water partition coefficient (Wildman–Crippen LogP) is 2.17. The second-order valence-corrected chi connectivity index (χ2v) is 3.66. The summed E-state index contributed by atoms with van der Waals surface area (Å²) in [7, 11) is 4.70. The average Bonchev–Trinajstić information content (AvgIpc) is 2.37. The number of aromatic nitrogens is 1. The van der Waals surface area contributed by atoms with Crippen molar-refractivity contribution in [1.82, 2.24) is 4.98 Å². The normalized spacial score (nSPS) is 13.8. The largest absolute Gasteiger partial charge is 0.331 e. The maximum Gasteiger partial charge on any atom is 0.282 e. The molecule has 4 nitrogen and oxygen atoms in total. The molecule has 1 rings (SSSR count). The number of pyridine rings is 1. The average molecular weight is 225 g/mol. The number of methoxy groups -OCH3 is 3. The van der Waals surface area contributed by atoms with Crippen LogP contribution in [0.1, 0.15) is 25.0 Å². The highest BCUT2D eigenvalue weighted by atomic mass is 16.9. The Hall–Kier alpha value is -0.970. The molecule has 90 valence electrons. The first-order valence-corrected chi connectivity index (χ1v) is 5.24. The van der Waals surface area contributed by atoms with Crippen LogP contribution in [0.4, 0.5) is 0 Å². The van der Waals surface area contributed by atoms with Crippen molar-refractivity contribution in [2.75, 3.05) is 21.3 Å². The molecule has 0 N–H and O–H groups in total. The van der Waals surface area contributed by atoms with Gasteiger partial charge in [-0.3, -0.25) is 4.98 Å². The summed E-state index contributed by atoms with van der Waals surface area (Å²) in [6.45, 7) is 2.06. The van der Waals surface area contributed by atoms with Crippen molar-refractivity contribution < 1.29 is 14.2 Å². The number of rotatable bonds is 6. The number of nitrogens with zero attached hydrogens (tertiary/aromatic N) is 1. The highest BCUT2D eigenvalue weighted by molar-refractivity contribution is 5.08. The van der Waals surface area contributed by atoms with Crippen molar-refractivity contribution >= 4 is 0 Å². The van der Waals surface area contributed by atoms with Crippen LogP contribution in [0, 0.1) is 0 Å². The Morgan fingerprint density at radius 2 is 1.81 bits per heavy atom. The lowest BCUT2D eigenvalue weighted by Gasteiger charge is -2.30. The highest BCUT2D eigenvalue weighted by Gasteiger charge is 2.32. The summed E-state index contributed by atoms with van der Waals surface area (Å²) in [5, 5.41) is 0. The molecule has 0 aromatic carbocycles.